The van der Waals surface area contributed by atoms with Crippen LogP contribution in [0.1, 0.15) is 23.2 Å². The molecule has 1 aromatic carbocycles. The molecule has 1 aromatic rings. The van der Waals surface area contributed by atoms with Gasteiger partial charge in [-0.15, -0.1) is 0 Å². The zero-order valence-corrected chi connectivity index (χ0v) is 10.1. The number of hydrogen-bond acceptors (Lipinski definition) is 2. The lowest BCUT2D eigenvalue weighted by atomic mass is 10.1. The first kappa shape index (κ1) is 12.3. The Kier molecular flexibility index (Phi) is 3.97. The van der Waals surface area contributed by atoms with E-state index in [-0.39, 0.29) is 17.0 Å². The molecular formula is C12H14ClFN2O. The van der Waals surface area contributed by atoms with Crippen molar-refractivity contribution in [2.75, 3.05) is 13.1 Å². The number of piperidine rings is 1. The molecule has 1 heterocycles. The van der Waals surface area contributed by atoms with Crippen LogP contribution in [-0.4, -0.2) is 25.0 Å². The summed E-state index contributed by atoms with van der Waals surface area (Å²) in [5.74, 6) is -0.686. The Hall–Kier alpha value is -1.13. The highest BCUT2D eigenvalue weighted by Gasteiger charge is 2.18. The molecule has 2 N–H and O–H groups in total. The first-order valence-corrected chi connectivity index (χ1v) is 6.01. The highest BCUT2D eigenvalue weighted by atomic mass is 35.5. The van der Waals surface area contributed by atoms with Crippen molar-refractivity contribution in [1.29, 1.82) is 0 Å². The highest BCUT2D eigenvalue weighted by molar-refractivity contribution is 6.33. The maximum absolute atomic E-state index is 12.8. The second-order valence-corrected chi connectivity index (χ2v) is 4.55. The predicted molar refractivity (Wildman–Crippen MR) is 64.8 cm³/mol. The van der Waals surface area contributed by atoms with Crippen molar-refractivity contribution in [3.05, 3.63) is 34.6 Å². The van der Waals surface area contributed by atoms with Crippen molar-refractivity contribution in [2.24, 2.45) is 0 Å². The number of nitrogens with one attached hydrogen (secondary N) is 2. The summed E-state index contributed by atoms with van der Waals surface area (Å²) >= 11 is 5.83. The van der Waals surface area contributed by atoms with Gasteiger partial charge < -0.3 is 10.6 Å². The number of hydrogen-bond donors (Lipinski definition) is 2. The van der Waals surface area contributed by atoms with E-state index in [1.165, 1.54) is 12.1 Å². The van der Waals surface area contributed by atoms with Crippen molar-refractivity contribution >= 4 is 17.5 Å². The third-order valence-electron chi connectivity index (χ3n) is 2.81. The number of carbonyl (C=O) groups excluding carboxylic acids is 1. The fourth-order valence-electron chi connectivity index (χ4n) is 1.91. The van der Waals surface area contributed by atoms with Crippen LogP contribution in [0.15, 0.2) is 18.2 Å². The minimum absolute atomic E-state index is 0.123. The van der Waals surface area contributed by atoms with Gasteiger partial charge in [0.05, 0.1) is 10.6 Å². The Balaban J connectivity index is 2.03. The van der Waals surface area contributed by atoms with E-state index in [0.717, 1.165) is 32.0 Å². The van der Waals surface area contributed by atoms with Gasteiger partial charge in [0.1, 0.15) is 5.82 Å². The molecule has 1 atom stereocenters. The largest absolute Gasteiger partial charge is 0.348 e. The van der Waals surface area contributed by atoms with Crippen molar-refractivity contribution < 1.29 is 9.18 Å². The zero-order valence-electron chi connectivity index (χ0n) is 9.30. The molecule has 0 radical (unpaired) electrons. The SMILES string of the molecule is O=C(NC1CCCNC1)c1ccc(F)cc1Cl. The van der Waals surface area contributed by atoms with Gasteiger partial charge in [-0.3, -0.25) is 4.79 Å². The molecule has 1 aliphatic rings. The molecule has 0 spiro atoms. The lowest BCUT2D eigenvalue weighted by molar-refractivity contribution is 0.0931. The number of carbonyl (C=O) groups is 1. The van der Waals surface area contributed by atoms with Gasteiger partial charge >= 0.3 is 0 Å². The second-order valence-electron chi connectivity index (χ2n) is 4.14. The molecule has 17 heavy (non-hydrogen) atoms. The maximum atomic E-state index is 12.8. The zero-order chi connectivity index (χ0) is 12.3. The molecule has 1 aliphatic heterocycles. The van der Waals surface area contributed by atoms with Gasteiger partial charge in [0.15, 0.2) is 0 Å². The third-order valence-corrected chi connectivity index (χ3v) is 3.12. The molecule has 1 unspecified atom stereocenters. The van der Waals surface area contributed by atoms with Crippen molar-refractivity contribution in [2.45, 2.75) is 18.9 Å². The normalized spacial score (nSPS) is 20.0. The van der Waals surface area contributed by atoms with Crippen LogP contribution in [0.3, 0.4) is 0 Å². The van der Waals surface area contributed by atoms with Gasteiger partial charge in [0.25, 0.3) is 5.91 Å². The van der Waals surface area contributed by atoms with Crippen molar-refractivity contribution in [1.82, 2.24) is 10.6 Å². The summed E-state index contributed by atoms with van der Waals surface area (Å²) in [7, 11) is 0. The van der Waals surface area contributed by atoms with Crippen LogP contribution in [0.25, 0.3) is 0 Å². The Labute approximate surface area is 104 Å². The van der Waals surface area contributed by atoms with Crippen LogP contribution in [-0.2, 0) is 0 Å². The molecule has 92 valence electrons. The van der Waals surface area contributed by atoms with Crippen LogP contribution in [0, 0.1) is 5.82 Å². The summed E-state index contributed by atoms with van der Waals surface area (Å²) in [4.78, 5) is 11.9. The molecular weight excluding hydrogens is 243 g/mol. The Bertz CT molecular complexity index is 419. The Morgan fingerprint density at radius 1 is 1.53 bits per heavy atom. The second kappa shape index (κ2) is 5.47. The van der Waals surface area contributed by atoms with E-state index >= 15 is 0 Å². The molecule has 0 aromatic heterocycles. The van der Waals surface area contributed by atoms with E-state index < -0.39 is 5.82 Å². The first-order chi connectivity index (χ1) is 8.16. The standard InChI is InChI=1S/C12H14ClFN2O/c13-11-6-8(14)3-4-10(11)12(17)16-9-2-1-5-15-7-9/h3-4,6,9,15H,1-2,5,7H2,(H,16,17). The van der Waals surface area contributed by atoms with Crippen LogP contribution in [0.2, 0.25) is 5.02 Å². The van der Waals surface area contributed by atoms with Crippen LogP contribution < -0.4 is 10.6 Å². The predicted octanol–water partition coefficient (Wildman–Crippen LogP) is 1.96. The Morgan fingerprint density at radius 2 is 2.35 bits per heavy atom. The molecule has 1 fully saturated rings. The minimum atomic E-state index is -0.439. The van der Waals surface area contributed by atoms with E-state index in [4.69, 9.17) is 11.6 Å². The van der Waals surface area contributed by atoms with E-state index in [9.17, 15) is 9.18 Å². The van der Waals surface area contributed by atoms with Gasteiger partial charge in [-0.25, -0.2) is 4.39 Å². The number of amides is 1. The lowest BCUT2D eigenvalue weighted by Gasteiger charge is -2.23. The lowest BCUT2D eigenvalue weighted by Crippen LogP contribution is -2.45. The maximum Gasteiger partial charge on any atom is 0.253 e. The summed E-state index contributed by atoms with van der Waals surface area (Å²) in [6.07, 6.45) is 2.00. The van der Waals surface area contributed by atoms with Crippen LogP contribution in [0.4, 0.5) is 4.39 Å². The summed E-state index contributed by atoms with van der Waals surface area (Å²) < 4.78 is 12.8. The average molecular weight is 257 g/mol. The van der Waals surface area contributed by atoms with Gasteiger partial charge in [0.2, 0.25) is 0 Å². The summed E-state index contributed by atoms with van der Waals surface area (Å²) in [5, 5.41) is 6.24. The van der Waals surface area contributed by atoms with E-state index in [2.05, 4.69) is 10.6 Å². The van der Waals surface area contributed by atoms with Crippen molar-refractivity contribution in [3.63, 3.8) is 0 Å². The smallest absolute Gasteiger partial charge is 0.253 e. The van der Waals surface area contributed by atoms with Crippen LogP contribution in [0.5, 0.6) is 0 Å². The molecule has 0 saturated carbocycles. The first-order valence-electron chi connectivity index (χ1n) is 5.63. The molecule has 1 saturated heterocycles. The monoisotopic (exact) mass is 256 g/mol. The molecule has 2 rings (SSSR count). The van der Waals surface area contributed by atoms with E-state index in [1.54, 1.807) is 0 Å². The van der Waals surface area contributed by atoms with E-state index in [1.807, 2.05) is 0 Å². The molecule has 1 amide bonds. The summed E-state index contributed by atoms with van der Waals surface area (Å²) in [6, 6.07) is 3.91. The fourth-order valence-corrected chi connectivity index (χ4v) is 2.16. The average Bonchev–Trinajstić information content (AvgIpc) is 2.30. The molecule has 3 nitrogen and oxygen atoms in total. The fraction of sp³-hybridized carbons (Fsp3) is 0.417. The number of rotatable bonds is 2. The topological polar surface area (TPSA) is 41.1 Å². The summed E-state index contributed by atoms with van der Waals surface area (Å²) in [6.45, 7) is 1.76. The van der Waals surface area contributed by atoms with Gasteiger partial charge in [-0.2, -0.15) is 0 Å². The molecule has 0 aliphatic carbocycles. The minimum Gasteiger partial charge on any atom is -0.348 e. The third kappa shape index (κ3) is 3.17. The number of benzene rings is 1. The van der Waals surface area contributed by atoms with Gasteiger partial charge in [-0.05, 0) is 37.6 Å². The van der Waals surface area contributed by atoms with Crippen molar-refractivity contribution in [3.8, 4) is 0 Å². The highest BCUT2D eigenvalue weighted by Crippen LogP contribution is 2.17. The number of halogens is 2. The quantitative estimate of drug-likeness (QED) is 0.849. The summed E-state index contributed by atoms with van der Waals surface area (Å²) in [5.41, 5.74) is 0.318. The molecule has 5 heteroatoms. The van der Waals surface area contributed by atoms with E-state index in [0.29, 0.717) is 5.56 Å². The Morgan fingerprint density at radius 3 is 3.00 bits per heavy atom. The van der Waals surface area contributed by atoms with Gasteiger partial charge in [0, 0.05) is 12.6 Å². The molecule has 0 bridgehead atoms. The van der Waals surface area contributed by atoms with Crippen LogP contribution >= 0.6 is 11.6 Å². The van der Waals surface area contributed by atoms with Gasteiger partial charge in [-0.1, -0.05) is 11.6 Å².